The molecule has 2 aliphatic heterocycles. The van der Waals surface area contributed by atoms with Crippen LogP contribution >= 0.6 is 22.9 Å². The maximum Gasteiger partial charge on any atom is 0.410 e. The molecule has 1 aromatic heterocycles. The number of amides is 2. The number of hydrogen-bond donors (Lipinski definition) is 1. The number of nitrogens with zero attached hydrogens (tertiary/aromatic N) is 2. The first-order valence-corrected chi connectivity index (χ1v) is 16.0. The molecule has 1 N–H and O–H groups in total. The fourth-order valence-corrected chi connectivity index (χ4v) is 6.81. The van der Waals surface area contributed by atoms with E-state index in [1.165, 1.54) is 0 Å². The molecule has 2 saturated heterocycles. The third-order valence-electron chi connectivity index (χ3n) is 8.08. The lowest BCUT2D eigenvalue weighted by Gasteiger charge is -2.45. The Bertz CT molecular complexity index is 1360. The van der Waals surface area contributed by atoms with Crippen LogP contribution in [-0.2, 0) is 21.5 Å². The summed E-state index contributed by atoms with van der Waals surface area (Å²) in [7, 11) is 0. The summed E-state index contributed by atoms with van der Waals surface area (Å²) in [5, 5.41) is 8.12. The topological polar surface area (TPSA) is 71.1 Å². The molecule has 9 heteroatoms. The van der Waals surface area contributed by atoms with E-state index in [0.717, 1.165) is 37.1 Å². The highest BCUT2D eigenvalue weighted by atomic mass is 35.5. The molecule has 0 spiro atoms. The molecule has 2 aliphatic rings. The molecule has 0 bridgehead atoms. The number of para-hydroxylation sites is 1. The maximum absolute atomic E-state index is 14.9. The van der Waals surface area contributed by atoms with Crippen LogP contribution in [0.1, 0.15) is 57.6 Å². The number of likely N-dealkylation sites (tertiary alicyclic amines) is 1. The Morgan fingerprint density at radius 2 is 1.81 bits per heavy atom. The Morgan fingerprint density at radius 3 is 2.48 bits per heavy atom. The molecule has 2 amide bonds. The fourth-order valence-electron chi connectivity index (χ4n) is 5.88. The first-order chi connectivity index (χ1) is 20.1. The highest BCUT2D eigenvalue weighted by Gasteiger charge is 2.47. The Morgan fingerprint density at radius 1 is 1.07 bits per heavy atom. The lowest BCUT2D eigenvalue weighted by molar-refractivity contribution is -0.143. The minimum absolute atomic E-state index is 0.117. The highest BCUT2D eigenvalue weighted by molar-refractivity contribution is 7.08. The van der Waals surface area contributed by atoms with Gasteiger partial charge in [-0.15, -0.1) is 0 Å². The van der Waals surface area contributed by atoms with E-state index in [4.69, 9.17) is 21.1 Å². The van der Waals surface area contributed by atoms with Gasteiger partial charge in [-0.2, -0.15) is 11.3 Å². The molecular formula is C33H40ClN3O4S. The van der Waals surface area contributed by atoms with E-state index < -0.39 is 11.0 Å². The molecule has 7 nitrogen and oxygen atoms in total. The van der Waals surface area contributed by atoms with E-state index in [9.17, 15) is 9.59 Å². The molecule has 42 heavy (non-hydrogen) atoms. The van der Waals surface area contributed by atoms with Crippen molar-refractivity contribution in [2.24, 2.45) is 0 Å². The quantitative estimate of drug-likeness (QED) is 0.306. The molecule has 0 aliphatic carbocycles. The number of ether oxygens (including phenoxy) is 2. The van der Waals surface area contributed by atoms with Gasteiger partial charge in [-0.3, -0.25) is 4.79 Å². The SMILES string of the molecule is CC(C)(C)OC(=O)N1CCC(C(=O)N(Cc2cccc(Oc3ccccc3Cl)c2)C2CCNCC2)(c2ccsc2)CC1. The molecule has 0 atom stereocenters. The van der Waals surface area contributed by atoms with Gasteiger partial charge >= 0.3 is 6.09 Å². The van der Waals surface area contributed by atoms with Crippen LogP contribution in [0.2, 0.25) is 5.02 Å². The number of nitrogens with one attached hydrogen (secondary N) is 1. The average molecular weight is 610 g/mol. The molecule has 5 rings (SSSR count). The molecule has 0 saturated carbocycles. The summed E-state index contributed by atoms with van der Waals surface area (Å²) in [6.07, 6.45) is 2.58. The lowest BCUT2D eigenvalue weighted by Crippen LogP contribution is -2.57. The summed E-state index contributed by atoms with van der Waals surface area (Å²) in [4.78, 5) is 31.6. The summed E-state index contributed by atoms with van der Waals surface area (Å²) >= 11 is 7.94. The van der Waals surface area contributed by atoms with Crippen molar-refractivity contribution in [1.82, 2.24) is 15.1 Å². The van der Waals surface area contributed by atoms with E-state index in [1.807, 2.05) is 68.6 Å². The predicted octanol–water partition coefficient (Wildman–Crippen LogP) is 7.24. The molecule has 224 valence electrons. The zero-order valence-electron chi connectivity index (χ0n) is 24.6. The number of hydrogen-bond acceptors (Lipinski definition) is 6. The molecular weight excluding hydrogens is 570 g/mol. The third kappa shape index (κ3) is 7.10. The lowest BCUT2D eigenvalue weighted by atomic mass is 9.72. The number of carbonyl (C=O) groups is 2. The Hall–Kier alpha value is -3.07. The predicted molar refractivity (Wildman–Crippen MR) is 167 cm³/mol. The van der Waals surface area contributed by atoms with Gasteiger partial charge in [0.05, 0.1) is 10.4 Å². The molecule has 0 radical (unpaired) electrons. The standard InChI is InChI=1S/C33H40ClN3O4S/c1-32(2,3)41-31(39)36-18-14-33(15-19-36,25-13-20-42-23-25)30(38)37(26-11-16-35-17-12-26)22-24-7-6-8-27(21-24)40-29-10-5-4-9-28(29)34/h4-10,13,20-21,23,26,35H,11-12,14-19,22H2,1-3H3. The van der Waals surface area contributed by atoms with E-state index in [1.54, 1.807) is 22.3 Å². The summed E-state index contributed by atoms with van der Waals surface area (Å²) in [6.45, 7) is 8.79. The zero-order chi connectivity index (χ0) is 29.7. The second-order valence-electron chi connectivity index (χ2n) is 12.2. The van der Waals surface area contributed by atoms with Gasteiger partial charge in [0, 0.05) is 25.7 Å². The number of halogens is 1. The van der Waals surface area contributed by atoms with Gasteiger partial charge in [-0.05, 0) is 112 Å². The first kappa shape index (κ1) is 30.4. The molecule has 3 heterocycles. The molecule has 2 aromatic carbocycles. The Labute approximate surface area is 257 Å². The van der Waals surface area contributed by atoms with Crippen LogP contribution in [-0.4, -0.2) is 59.6 Å². The van der Waals surface area contributed by atoms with Gasteiger partial charge < -0.3 is 24.6 Å². The van der Waals surface area contributed by atoms with Crippen molar-refractivity contribution >= 4 is 34.9 Å². The van der Waals surface area contributed by atoms with E-state index in [0.29, 0.717) is 49.0 Å². The van der Waals surface area contributed by atoms with Gasteiger partial charge in [0.15, 0.2) is 0 Å². The van der Waals surface area contributed by atoms with Crippen LogP contribution in [0.4, 0.5) is 4.79 Å². The van der Waals surface area contributed by atoms with Crippen LogP contribution in [0.25, 0.3) is 0 Å². The van der Waals surface area contributed by atoms with Gasteiger partial charge in [0.25, 0.3) is 0 Å². The average Bonchev–Trinajstić information content (AvgIpc) is 3.53. The van der Waals surface area contributed by atoms with Crippen molar-refractivity contribution in [3.8, 4) is 11.5 Å². The Kier molecular flexibility index (Phi) is 9.45. The highest BCUT2D eigenvalue weighted by Crippen LogP contribution is 2.40. The number of piperidine rings is 2. The Balaban J connectivity index is 1.41. The second kappa shape index (κ2) is 13.1. The summed E-state index contributed by atoms with van der Waals surface area (Å²) in [6, 6.07) is 17.5. The minimum atomic E-state index is -0.699. The van der Waals surface area contributed by atoms with Crippen molar-refractivity contribution in [2.45, 2.75) is 70.1 Å². The van der Waals surface area contributed by atoms with Crippen LogP contribution in [0.5, 0.6) is 11.5 Å². The fraction of sp³-hybridized carbons (Fsp3) is 0.455. The first-order valence-electron chi connectivity index (χ1n) is 14.7. The van der Waals surface area contributed by atoms with Crippen LogP contribution in [0, 0.1) is 0 Å². The smallest absolute Gasteiger partial charge is 0.410 e. The van der Waals surface area contributed by atoms with Gasteiger partial charge in [0.1, 0.15) is 17.1 Å². The maximum atomic E-state index is 14.9. The summed E-state index contributed by atoms with van der Waals surface area (Å²) in [5.41, 5.74) is 0.772. The number of benzene rings is 2. The van der Waals surface area contributed by atoms with Crippen LogP contribution < -0.4 is 10.1 Å². The summed E-state index contributed by atoms with van der Waals surface area (Å²) < 4.78 is 11.8. The normalized spacial score (nSPS) is 17.5. The minimum Gasteiger partial charge on any atom is -0.456 e. The van der Waals surface area contributed by atoms with Gasteiger partial charge in [0.2, 0.25) is 5.91 Å². The molecule has 0 unspecified atom stereocenters. The van der Waals surface area contributed by atoms with E-state index in [2.05, 4.69) is 21.7 Å². The second-order valence-corrected chi connectivity index (χ2v) is 13.3. The largest absolute Gasteiger partial charge is 0.456 e. The van der Waals surface area contributed by atoms with Gasteiger partial charge in [-0.25, -0.2) is 4.79 Å². The van der Waals surface area contributed by atoms with Crippen LogP contribution in [0.15, 0.2) is 65.4 Å². The zero-order valence-corrected chi connectivity index (χ0v) is 26.2. The molecule has 3 aromatic rings. The van der Waals surface area contributed by atoms with Crippen molar-refractivity contribution in [3.05, 3.63) is 81.5 Å². The monoisotopic (exact) mass is 609 g/mol. The third-order valence-corrected chi connectivity index (χ3v) is 9.07. The van der Waals surface area contributed by atoms with Crippen molar-refractivity contribution in [1.29, 1.82) is 0 Å². The van der Waals surface area contributed by atoms with Crippen LogP contribution in [0.3, 0.4) is 0 Å². The number of carbonyl (C=O) groups excluding carboxylic acids is 2. The van der Waals surface area contributed by atoms with Crippen molar-refractivity contribution in [2.75, 3.05) is 26.2 Å². The number of thiophene rings is 1. The number of rotatable bonds is 7. The van der Waals surface area contributed by atoms with E-state index >= 15 is 0 Å². The summed E-state index contributed by atoms with van der Waals surface area (Å²) in [5.74, 6) is 1.40. The van der Waals surface area contributed by atoms with Gasteiger partial charge in [-0.1, -0.05) is 35.9 Å². The van der Waals surface area contributed by atoms with Crippen molar-refractivity contribution < 1.29 is 19.1 Å². The molecule has 2 fully saturated rings. The van der Waals surface area contributed by atoms with E-state index in [-0.39, 0.29) is 18.0 Å². The van der Waals surface area contributed by atoms with Crippen molar-refractivity contribution in [3.63, 3.8) is 0 Å².